The molecule has 1 N–H and O–H groups in total. The topological polar surface area (TPSA) is 46.5 Å². The smallest absolute Gasteiger partial charge is 0.152 e. The zero-order valence-electron chi connectivity index (χ0n) is 15.4. The SMILES string of the molecule is CC1(C)C=C[C@]2(C)C(=O)[C@@]34C(OCCCO)CCC[C@@H]3CC[C@H]4[C@H]12. The van der Waals surface area contributed by atoms with Crippen LogP contribution in [0.3, 0.4) is 0 Å². The number of ketones is 1. The van der Waals surface area contributed by atoms with Gasteiger partial charge in [0.15, 0.2) is 5.78 Å². The fraction of sp³-hybridized carbons (Fsp3) is 0.857. The largest absolute Gasteiger partial charge is 0.396 e. The van der Waals surface area contributed by atoms with E-state index in [1.54, 1.807) is 0 Å². The van der Waals surface area contributed by atoms with E-state index in [2.05, 4.69) is 32.9 Å². The van der Waals surface area contributed by atoms with Gasteiger partial charge in [-0.25, -0.2) is 0 Å². The van der Waals surface area contributed by atoms with Gasteiger partial charge in [-0.2, -0.15) is 0 Å². The van der Waals surface area contributed by atoms with E-state index in [1.807, 2.05) is 0 Å². The van der Waals surface area contributed by atoms with Crippen LogP contribution in [0.2, 0.25) is 0 Å². The van der Waals surface area contributed by atoms with Crippen LogP contribution in [0.25, 0.3) is 0 Å². The van der Waals surface area contributed by atoms with Crippen molar-refractivity contribution in [2.24, 2.45) is 34.0 Å². The maximum absolute atomic E-state index is 13.9. The minimum atomic E-state index is -0.303. The van der Waals surface area contributed by atoms with Gasteiger partial charge in [0.05, 0.1) is 11.5 Å². The molecule has 6 atom stereocenters. The van der Waals surface area contributed by atoms with E-state index in [0.717, 1.165) is 6.42 Å². The van der Waals surface area contributed by atoms with Crippen molar-refractivity contribution in [1.82, 2.24) is 0 Å². The molecule has 0 aromatic heterocycles. The number of ether oxygens (including phenoxy) is 1. The Balaban J connectivity index is 1.75. The van der Waals surface area contributed by atoms with Gasteiger partial charge >= 0.3 is 0 Å². The van der Waals surface area contributed by atoms with Gasteiger partial charge in [-0.1, -0.05) is 32.4 Å². The Kier molecular flexibility index (Phi) is 3.78. The van der Waals surface area contributed by atoms with E-state index in [1.165, 1.54) is 25.7 Å². The predicted molar refractivity (Wildman–Crippen MR) is 93.5 cm³/mol. The number of carbonyl (C=O) groups excluding carboxylic acids is 1. The van der Waals surface area contributed by atoms with Crippen molar-refractivity contribution >= 4 is 5.78 Å². The predicted octanol–water partition coefficient (Wildman–Crippen LogP) is 3.75. The minimum absolute atomic E-state index is 0.0643. The summed E-state index contributed by atoms with van der Waals surface area (Å²) < 4.78 is 6.29. The highest BCUT2D eigenvalue weighted by atomic mass is 16.5. The molecule has 1 unspecified atom stereocenters. The minimum Gasteiger partial charge on any atom is -0.396 e. The molecule has 0 radical (unpaired) electrons. The lowest BCUT2D eigenvalue weighted by Crippen LogP contribution is -2.52. The average Bonchev–Trinajstić information content (AvgIpc) is 3.09. The molecule has 4 aliphatic carbocycles. The number of hydrogen-bond donors (Lipinski definition) is 1. The number of carbonyl (C=O) groups is 1. The van der Waals surface area contributed by atoms with Crippen molar-refractivity contribution in [3.8, 4) is 0 Å². The number of rotatable bonds is 4. The summed E-state index contributed by atoms with van der Waals surface area (Å²) in [5.74, 6) is 1.87. The van der Waals surface area contributed by atoms with Gasteiger partial charge in [-0.15, -0.1) is 0 Å². The van der Waals surface area contributed by atoms with Gasteiger partial charge in [0.2, 0.25) is 0 Å². The van der Waals surface area contributed by atoms with Crippen molar-refractivity contribution in [3.05, 3.63) is 12.2 Å². The van der Waals surface area contributed by atoms with E-state index in [-0.39, 0.29) is 29.0 Å². The van der Waals surface area contributed by atoms with Crippen LogP contribution in [-0.4, -0.2) is 30.2 Å². The molecular weight excluding hydrogens is 300 g/mol. The first kappa shape index (κ1) is 16.8. The summed E-state index contributed by atoms with van der Waals surface area (Å²) >= 11 is 0. The third-order valence-electron chi connectivity index (χ3n) is 7.88. The quantitative estimate of drug-likeness (QED) is 0.630. The highest BCUT2D eigenvalue weighted by Crippen LogP contribution is 2.73. The number of aliphatic hydroxyl groups excluding tert-OH is 1. The van der Waals surface area contributed by atoms with Gasteiger partial charge in [0, 0.05) is 18.6 Å². The zero-order valence-corrected chi connectivity index (χ0v) is 15.4. The van der Waals surface area contributed by atoms with Gasteiger partial charge in [-0.05, 0) is 62.2 Å². The van der Waals surface area contributed by atoms with Crippen LogP contribution in [0, 0.1) is 34.0 Å². The van der Waals surface area contributed by atoms with Gasteiger partial charge < -0.3 is 9.84 Å². The molecule has 0 aromatic rings. The second kappa shape index (κ2) is 5.41. The lowest BCUT2D eigenvalue weighted by Gasteiger charge is -2.46. The van der Waals surface area contributed by atoms with E-state index in [9.17, 15) is 4.79 Å². The third-order valence-corrected chi connectivity index (χ3v) is 7.88. The van der Waals surface area contributed by atoms with E-state index in [0.29, 0.717) is 36.6 Å². The first-order valence-corrected chi connectivity index (χ1v) is 9.87. The Morgan fingerprint density at radius 1 is 1.17 bits per heavy atom. The zero-order chi connectivity index (χ0) is 17.2. The number of hydrogen-bond acceptors (Lipinski definition) is 3. The second-order valence-electron chi connectivity index (χ2n) is 9.43. The maximum Gasteiger partial charge on any atom is 0.152 e. The molecule has 4 aliphatic rings. The van der Waals surface area contributed by atoms with Crippen molar-refractivity contribution in [3.63, 3.8) is 0 Å². The summed E-state index contributed by atoms with van der Waals surface area (Å²) in [5, 5.41) is 9.11. The van der Waals surface area contributed by atoms with Crippen LogP contribution in [0.15, 0.2) is 12.2 Å². The molecule has 0 bridgehead atoms. The van der Waals surface area contributed by atoms with Crippen LogP contribution in [0.4, 0.5) is 0 Å². The van der Waals surface area contributed by atoms with Crippen molar-refractivity contribution < 1.29 is 14.6 Å². The van der Waals surface area contributed by atoms with Gasteiger partial charge in [0.25, 0.3) is 0 Å². The molecular formula is C21H32O3. The third kappa shape index (κ3) is 1.89. The Morgan fingerprint density at radius 2 is 1.96 bits per heavy atom. The van der Waals surface area contributed by atoms with E-state index in [4.69, 9.17) is 9.84 Å². The Hall–Kier alpha value is -0.670. The molecule has 0 heterocycles. The summed E-state index contributed by atoms with van der Waals surface area (Å²) in [5.41, 5.74) is -0.460. The van der Waals surface area contributed by atoms with Crippen LogP contribution in [-0.2, 0) is 9.53 Å². The van der Waals surface area contributed by atoms with Crippen molar-refractivity contribution in [2.45, 2.75) is 65.4 Å². The average molecular weight is 332 g/mol. The second-order valence-corrected chi connectivity index (χ2v) is 9.43. The maximum atomic E-state index is 13.9. The lowest BCUT2D eigenvalue weighted by molar-refractivity contribution is -0.153. The van der Waals surface area contributed by atoms with Crippen LogP contribution < -0.4 is 0 Å². The molecule has 4 rings (SSSR count). The number of aliphatic hydroxyl groups is 1. The summed E-state index contributed by atoms with van der Waals surface area (Å²) in [7, 11) is 0. The Labute approximate surface area is 145 Å². The van der Waals surface area contributed by atoms with Crippen molar-refractivity contribution in [1.29, 1.82) is 0 Å². The van der Waals surface area contributed by atoms with Crippen LogP contribution in [0.1, 0.15) is 59.3 Å². The first-order chi connectivity index (χ1) is 11.4. The van der Waals surface area contributed by atoms with Gasteiger partial charge in [-0.3, -0.25) is 4.79 Å². The molecule has 0 aliphatic heterocycles. The molecule has 24 heavy (non-hydrogen) atoms. The molecule has 3 heteroatoms. The summed E-state index contributed by atoms with van der Waals surface area (Å²) in [6.45, 7) is 7.55. The summed E-state index contributed by atoms with van der Waals surface area (Å²) in [6, 6.07) is 0. The molecule has 3 fully saturated rings. The number of allylic oxidation sites excluding steroid dienone is 2. The van der Waals surface area contributed by atoms with Crippen molar-refractivity contribution in [2.75, 3.05) is 13.2 Å². The number of fused-ring (bicyclic) bond motifs is 2. The van der Waals surface area contributed by atoms with E-state index >= 15 is 0 Å². The fourth-order valence-electron chi connectivity index (χ4n) is 7.28. The molecule has 3 nitrogen and oxygen atoms in total. The van der Waals surface area contributed by atoms with Gasteiger partial charge in [0.1, 0.15) is 0 Å². The highest BCUT2D eigenvalue weighted by Gasteiger charge is 2.75. The first-order valence-electron chi connectivity index (χ1n) is 9.87. The molecule has 0 amide bonds. The molecule has 1 spiro atoms. The van der Waals surface area contributed by atoms with Crippen LogP contribution in [0.5, 0.6) is 0 Å². The summed E-state index contributed by atoms with van der Waals surface area (Å²) in [6.07, 6.45) is 11.0. The molecule has 3 saturated carbocycles. The normalized spacial score (nSPS) is 48.4. The Bertz CT molecular complexity index is 565. The highest BCUT2D eigenvalue weighted by molar-refractivity contribution is 5.97. The molecule has 0 saturated heterocycles. The fourth-order valence-corrected chi connectivity index (χ4v) is 7.28. The summed E-state index contributed by atoms with van der Waals surface area (Å²) in [4.78, 5) is 13.9. The Morgan fingerprint density at radius 3 is 2.71 bits per heavy atom. The standard InChI is InChI=1S/C21H32O3/c1-19(2)10-11-20(3)17(19)15-9-8-14-6-4-7-16(24-13-5-12-22)21(14,15)18(20)23/h10-11,14-17,22H,4-9,12-13H2,1-3H3/t14-,15+,16?,17-,20+,21+/m1/s1. The lowest BCUT2D eigenvalue weighted by atomic mass is 9.60. The molecule has 0 aromatic carbocycles. The molecule has 134 valence electrons. The van der Waals surface area contributed by atoms with E-state index < -0.39 is 0 Å². The monoisotopic (exact) mass is 332 g/mol. The number of Topliss-reactive ketones (excluding diaryl/α,β-unsaturated/α-hetero) is 1. The van der Waals surface area contributed by atoms with Crippen LogP contribution >= 0.6 is 0 Å².